The van der Waals surface area contributed by atoms with Crippen LogP contribution in [0.15, 0.2) is 45.0 Å². The van der Waals surface area contributed by atoms with Gasteiger partial charge >= 0.3 is 0 Å². The second-order valence-electron chi connectivity index (χ2n) is 3.99. The Bertz CT molecular complexity index is 743. The minimum Gasteiger partial charge on any atom is -0.352 e. The van der Waals surface area contributed by atoms with Gasteiger partial charge in [0.05, 0.1) is 16.3 Å². The summed E-state index contributed by atoms with van der Waals surface area (Å²) in [5.74, 6) is 0. The van der Waals surface area contributed by atoms with E-state index in [0.717, 1.165) is 15.5 Å². The van der Waals surface area contributed by atoms with Crippen LogP contribution in [0.1, 0.15) is 5.56 Å². The van der Waals surface area contributed by atoms with Crippen molar-refractivity contribution in [1.82, 2.24) is 4.57 Å². The van der Waals surface area contributed by atoms with Gasteiger partial charge < -0.3 is 9.88 Å². The Kier molecular flexibility index (Phi) is 2.39. The molecule has 18 heavy (non-hydrogen) atoms. The van der Waals surface area contributed by atoms with Crippen molar-refractivity contribution in [3.8, 4) is 6.07 Å². The number of hydrogen-bond acceptors (Lipinski definition) is 4. The lowest BCUT2D eigenvalue weighted by molar-refractivity contribution is 0.836. The molecule has 1 aromatic heterocycles. The zero-order chi connectivity index (χ0) is 12.7. The maximum atomic E-state index is 11.9. The van der Waals surface area contributed by atoms with Crippen LogP contribution in [0, 0.1) is 11.3 Å². The second kappa shape index (κ2) is 3.93. The van der Waals surface area contributed by atoms with Crippen molar-refractivity contribution < 1.29 is 0 Å². The molecule has 0 atom stereocenters. The Morgan fingerprint density at radius 3 is 2.89 bits per heavy atom. The van der Waals surface area contributed by atoms with Gasteiger partial charge in [0.15, 0.2) is 0 Å². The van der Waals surface area contributed by atoms with Crippen molar-refractivity contribution in [1.29, 1.82) is 5.26 Å². The van der Waals surface area contributed by atoms with Crippen LogP contribution < -0.4 is 10.9 Å². The van der Waals surface area contributed by atoms with Crippen molar-refractivity contribution in [2.24, 2.45) is 7.05 Å². The molecule has 0 saturated carbocycles. The van der Waals surface area contributed by atoms with Gasteiger partial charge in [-0.2, -0.15) is 5.26 Å². The Labute approximate surface area is 108 Å². The van der Waals surface area contributed by atoms with Crippen LogP contribution in [-0.2, 0) is 7.05 Å². The number of pyridine rings is 1. The molecule has 2 aromatic rings. The van der Waals surface area contributed by atoms with E-state index in [9.17, 15) is 4.79 Å². The third-order valence-corrected chi connectivity index (χ3v) is 3.93. The first-order chi connectivity index (χ1) is 8.70. The van der Waals surface area contributed by atoms with Crippen LogP contribution in [0.4, 0.5) is 11.4 Å². The van der Waals surface area contributed by atoms with Crippen LogP contribution in [-0.4, -0.2) is 4.57 Å². The number of rotatable bonds is 0. The average molecular weight is 255 g/mol. The van der Waals surface area contributed by atoms with Crippen molar-refractivity contribution in [2.45, 2.75) is 9.79 Å². The smallest absolute Gasteiger partial charge is 0.270 e. The Balaban J connectivity index is 2.26. The molecule has 5 heteroatoms. The topological polar surface area (TPSA) is 57.8 Å². The predicted molar refractivity (Wildman–Crippen MR) is 70.2 cm³/mol. The van der Waals surface area contributed by atoms with Crippen LogP contribution in [0.3, 0.4) is 0 Å². The highest BCUT2D eigenvalue weighted by atomic mass is 32.2. The summed E-state index contributed by atoms with van der Waals surface area (Å²) >= 11 is 1.56. The summed E-state index contributed by atoms with van der Waals surface area (Å²) in [6.45, 7) is 0. The lowest BCUT2D eigenvalue weighted by Crippen LogP contribution is -2.22. The molecule has 1 aromatic carbocycles. The van der Waals surface area contributed by atoms with Gasteiger partial charge in [-0.25, -0.2) is 0 Å². The molecule has 88 valence electrons. The molecule has 0 radical (unpaired) electrons. The predicted octanol–water partition coefficient (Wildman–Crippen LogP) is 2.47. The maximum absolute atomic E-state index is 11.9. The zero-order valence-electron chi connectivity index (χ0n) is 9.60. The van der Waals surface area contributed by atoms with Gasteiger partial charge in [-0.15, -0.1) is 0 Å². The molecule has 1 aliphatic rings. The van der Waals surface area contributed by atoms with Crippen molar-refractivity contribution in [3.63, 3.8) is 0 Å². The first kappa shape index (κ1) is 10.9. The Hall–Kier alpha value is -2.19. The highest BCUT2D eigenvalue weighted by Crippen LogP contribution is 2.44. The first-order valence-electron chi connectivity index (χ1n) is 5.38. The summed E-state index contributed by atoms with van der Waals surface area (Å²) < 4.78 is 1.44. The molecular weight excluding hydrogens is 246 g/mol. The van der Waals surface area contributed by atoms with E-state index in [1.807, 2.05) is 30.3 Å². The van der Waals surface area contributed by atoms with Gasteiger partial charge in [0.1, 0.15) is 11.6 Å². The molecule has 0 aliphatic carbocycles. The summed E-state index contributed by atoms with van der Waals surface area (Å²) in [6.07, 6.45) is 1.76. The molecule has 0 amide bonds. The standard InChI is InChI=1S/C13H9N3OS/c1-16-7-11-12(8(6-14)13(16)17)15-9-4-2-3-5-10(9)18-11/h2-5,7,15H,1H3. The number of anilines is 2. The van der Waals surface area contributed by atoms with E-state index in [1.54, 1.807) is 25.0 Å². The van der Waals surface area contributed by atoms with Crippen LogP contribution in [0.2, 0.25) is 0 Å². The minimum absolute atomic E-state index is 0.164. The van der Waals surface area contributed by atoms with E-state index in [1.165, 1.54) is 4.57 Å². The number of nitriles is 1. The number of benzene rings is 1. The number of nitrogens with one attached hydrogen (secondary N) is 1. The molecule has 1 N–H and O–H groups in total. The number of hydrogen-bond donors (Lipinski definition) is 1. The van der Waals surface area contributed by atoms with E-state index in [-0.39, 0.29) is 11.1 Å². The quantitative estimate of drug-likeness (QED) is 0.670. The van der Waals surface area contributed by atoms with Crippen LogP contribution in [0.5, 0.6) is 0 Å². The number of nitrogens with zero attached hydrogens (tertiary/aromatic N) is 2. The van der Waals surface area contributed by atoms with E-state index < -0.39 is 0 Å². The largest absolute Gasteiger partial charge is 0.352 e. The lowest BCUT2D eigenvalue weighted by atomic mass is 10.2. The maximum Gasteiger partial charge on any atom is 0.270 e. The molecular formula is C13H9N3OS. The Morgan fingerprint density at radius 1 is 1.33 bits per heavy atom. The van der Waals surface area contributed by atoms with Gasteiger partial charge in [-0.05, 0) is 12.1 Å². The molecule has 0 unspecified atom stereocenters. The number of para-hydroxylation sites is 1. The molecule has 4 nitrogen and oxygen atoms in total. The van der Waals surface area contributed by atoms with E-state index >= 15 is 0 Å². The molecule has 2 heterocycles. The highest BCUT2D eigenvalue weighted by molar-refractivity contribution is 7.99. The summed E-state index contributed by atoms with van der Waals surface area (Å²) in [4.78, 5) is 13.9. The zero-order valence-corrected chi connectivity index (χ0v) is 10.4. The average Bonchev–Trinajstić information content (AvgIpc) is 2.38. The van der Waals surface area contributed by atoms with Crippen molar-refractivity contribution in [3.05, 3.63) is 46.4 Å². The molecule has 3 rings (SSSR count). The summed E-state index contributed by atoms with van der Waals surface area (Å²) in [7, 11) is 1.66. The molecule has 1 aliphatic heterocycles. The fourth-order valence-electron chi connectivity index (χ4n) is 1.92. The molecule has 0 bridgehead atoms. The third kappa shape index (κ3) is 1.50. The van der Waals surface area contributed by atoms with Gasteiger partial charge in [0.25, 0.3) is 5.56 Å². The van der Waals surface area contributed by atoms with E-state index in [2.05, 4.69) is 5.32 Å². The van der Waals surface area contributed by atoms with E-state index in [0.29, 0.717) is 5.69 Å². The fourth-order valence-corrected chi connectivity index (χ4v) is 3.00. The van der Waals surface area contributed by atoms with Gasteiger partial charge in [-0.3, -0.25) is 4.79 Å². The summed E-state index contributed by atoms with van der Waals surface area (Å²) in [6, 6.07) is 9.81. The SMILES string of the molecule is Cn1cc2c(c(C#N)c1=O)Nc1ccccc1S2. The van der Waals surface area contributed by atoms with Gasteiger partial charge in [0, 0.05) is 18.1 Å². The number of aryl methyl sites for hydroxylation is 1. The fraction of sp³-hybridized carbons (Fsp3) is 0.0769. The molecule has 0 spiro atoms. The summed E-state index contributed by atoms with van der Waals surface area (Å²) in [5.41, 5.74) is 1.43. The molecule has 0 saturated heterocycles. The lowest BCUT2D eigenvalue weighted by Gasteiger charge is -2.21. The highest BCUT2D eigenvalue weighted by Gasteiger charge is 2.21. The van der Waals surface area contributed by atoms with Gasteiger partial charge in [0.2, 0.25) is 0 Å². The number of aromatic nitrogens is 1. The normalized spacial score (nSPS) is 12.0. The van der Waals surface area contributed by atoms with E-state index in [4.69, 9.17) is 5.26 Å². The van der Waals surface area contributed by atoms with Crippen LogP contribution in [0.25, 0.3) is 0 Å². The number of fused-ring (bicyclic) bond motifs is 2. The molecule has 0 fully saturated rings. The summed E-state index contributed by atoms with van der Waals surface area (Å²) in [5, 5.41) is 12.3. The monoisotopic (exact) mass is 255 g/mol. The van der Waals surface area contributed by atoms with Crippen molar-refractivity contribution in [2.75, 3.05) is 5.32 Å². The Morgan fingerprint density at radius 2 is 2.11 bits per heavy atom. The van der Waals surface area contributed by atoms with Crippen LogP contribution >= 0.6 is 11.8 Å². The second-order valence-corrected chi connectivity index (χ2v) is 5.08. The minimum atomic E-state index is -0.274. The first-order valence-corrected chi connectivity index (χ1v) is 6.20. The third-order valence-electron chi connectivity index (χ3n) is 2.82. The van der Waals surface area contributed by atoms with Crippen molar-refractivity contribution >= 4 is 23.1 Å². The van der Waals surface area contributed by atoms with Gasteiger partial charge in [-0.1, -0.05) is 23.9 Å².